The lowest BCUT2D eigenvalue weighted by molar-refractivity contribution is 0.481. The predicted molar refractivity (Wildman–Crippen MR) is 45.6 cm³/mol. The molecule has 2 rings (SSSR count). The van der Waals surface area contributed by atoms with Crippen LogP contribution >= 0.6 is 11.6 Å². The van der Waals surface area contributed by atoms with E-state index in [4.69, 9.17) is 11.6 Å². The van der Waals surface area contributed by atoms with Crippen molar-refractivity contribution >= 4 is 22.5 Å². The van der Waals surface area contributed by atoms with Gasteiger partial charge in [-0.25, -0.2) is 0 Å². The summed E-state index contributed by atoms with van der Waals surface area (Å²) in [5.41, 5.74) is 0.157. The van der Waals surface area contributed by atoms with Gasteiger partial charge in [0.15, 0.2) is 0 Å². The lowest BCUT2D eigenvalue weighted by atomic mass is 10.2. The molecule has 0 saturated carbocycles. The summed E-state index contributed by atoms with van der Waals surface area (Å²) in [5.74, 6) is -0.111. The summed E-state index contributed by atoms with van der Waals surface area (Å²) in [4.78, 5) is 11.0. The highest BCUT2D eigenvalue weighted by Crippen LogP contribution is 2.24. The van der Waals surface area contributed by atoms with Gasteiger partial charge in [0.25, 0.3) is 5.56 Å². The SMILES string of the molecule is O=c1[nH][nH]c2cc(Cl)cc(O)c12. The van der Waals surface area contributed by atoms with Crippen molar-refractivity contribution in [1.82, 2.24) is 10.2 Å². The molecule has 1 aromatic carbocycles. The van der Waals surface area contributed by atoms with Crippen LogP contribution in [0.2, 0.25) is 5.02 Å². The van der Waals surface area contributed by atoms with E-state index in [0.717, 1.165) is 0 Å². The van der Waals surface area contributed by atoms with E-state index in [9.17, 15) is 9.90 Å². The number of nitrogens with one attached hydrogen (secondary N) is 2. The minimum Gasteiger partial charge on any atom is -0.507 e. The van der Waals surface area contributed by atoms with E-state index in [1.807, 2.05) is 0 Å². The fraction of sp³-hybridized carbons (Fsp3) is 0. The first-order chi connectivity index (χ1) is 5.68. The number of phenols is 1. The van der Waals surface area contributed by atoms with Gasteiger partial charge in [-0.15, -0.1) is 0 Å². The van der Waals surface area contributed by atoms with E-state index in [0.29, 0.717) is 10.5 Å². The molecule has 5 heteroatoms. The Balaban J connectivity index is 3.03. The van der Waals surface area contributed by atoms with Gasteiger partial charge >= 0.3 is 0 Å². The van der Waals surface area contributed by atoms with Crippen LogP contribution < -0.4 is 5.56 Å². The van der Waals surface area contributed by atoms with E-state index in [1.165, 1.54) is 6.07 Å². The third-order valence-electron chi connectivity index (χ3n) is 1.62. The standard InChI is InChI=1S/C7H5ClN2O2/c8-3-1-4-6(5(11)2-3)7(12)10-9-4/h1-2,11H,(H2,9,10,12). The van der Waals surface area contributed by atoms with E-state index in [2.05, 4.69) is 10.2 Å². The number of rotatable bonds is 0. The van der Waals surface area contributed by atoms with Gasteiger partial charge < -0.3 is 5.11 Å². The summed E-state index contributed by atoms with van der Waals surface area (Å²) in [6.45, 7) is 0. The Morgan fingerprint density at radius 3 is 2.83 bits per heavy atom. The van der Waals surface area contributed by atoms with Gasteiger partial charge in [-0.1, -0.05) is 11.6 Å². The first-order valence-corrected chi connectivity index (χ1v) is 3.65. The fourth-order valence-electron chi connectivity index (χ4n) is 1.12. The monoisotopic (exact) mass is 184 g/mol. The number of H-pyrrole nitrogens is 2. The van der Waals surface area contributed by atoms with E-state index in [-0.39, 0.29) is 16.7 Å². The number of hydrogen-bond acceptors (Lipinski definition) is 2. The lowest BCUT2D eigenvalue weighted by Gasteiger charge is -1.93. The number of aromatic hydroxyl groups is 1. The molecule has 1 aromatic heterocycles. The van der Waals surface area contributed by atoms with Crippen LogP contribution in [0.4, 0.5) is 0 Å². The molecule has 4 nitrogen and oxygen atoms in total. The van der Waals surface area contributed by atoms with Crippen molar-refractivity contribution in [3.8, 4) is 5.75 Å². The van der Waals surface area contributed by atoms with Gasteiger partial charge in [0.2, 0.25) is 0 Å². The summed E-state index contributed by atoms with van der Waals surface area (Å²) in [7, 11) is 0. The third-order valence-corrected chi connectivity index (χ3v) is 1.84. The minimum atomic E-state index is -0.348. The topological polar surface area (TPSA) is 68.9 Å². The Kier molecular flexibility index (Phi) is 1.38. The Morgan fingerprint density at radius 2 is 2.08 bits per heavy atom. The average Bonchev–Trinajstić information content (AvgIpc) is 2.31. The highest BCUT2D eigenvalue weighted by Gasteiger charge is 2.06. The van der Waals surface area contributed by atoms with E-state index < -0.39 is 0 Å². The number of hydrogen-bond donors (Lipinski definition) is 3. The molecule has 0 aliphatic heterocycles. The van der Waals surface area contributed by atoms with Gasteiger partial charge in [-0.05, 0) is 12.1 Å². The van der Waals surface area contributed by atoms with Crippen LogP contribution in [0.25, 0.3) is 10.9 Å². The Hall–Kier alpha value is -1.42. The van der Waals surface area contributed by atoms with Crippen LogP contribution in [0.1, 0.15) is 0 Å². The van der Waals surface area contributed by atoms with Crippen LogP contribution in [0.15, 0.2) is 16.9 Å². The zero-order valence-corrected chi connectivity index (χ0v) is 6.64. The molecule has 0 saturated heterocycles. The molecule has 3 N–H and O–H groups in total. The Labute approximate surface area is 71.8 Å². The van der Waals surface area contributed by atoms with Crippen LogP contribution in [0.5, 0.6) is 5.75 Å². The third kappa shape index (κ3) is 0.887. The first-order valence-electron chi connectivity index (χ1n) is 3.27. The second kappa shape index (κ2) is 2.28. The summed E-state index contributed by atoms with van der Waals surface area (Å²) in [5, 5.41) is 14.9. The molecule has 0 amide bonds. The maximum Gasteiger partial charge on any atom is 0.275 e. The van der Waals surface area contributed by atoms with E-state index >= 15 is 0 Å². The van der Waals surface area contributed by atoms with Crippen molar-refractivity contribution < 1.29 is 5.11 Å². The van der Waals surface area contributed by atoms with Crippen molar-refractivity contribution in [3.05, 3.63) is 27.5 Å². The molecule has 0 atom stereocenters. The molecule has 0 bridgehead atoms. The molecule has 0 aliphatic rings. The van der Waals surface area contributed by atoms with Gasteiger partial charge in [0.05, 0.1) is 5.52 Å². The highest BCUT2D eigenvalue weighted by molar-refractivity contribution is 6.31. The fourth-order valence-corrected chi connectivity index (χ4v) is 1.33. The second-order valence-corrected chi connectivity index (χ2v) is 2.86. The molecular weight excluding hydrogens is 180 g/mol. The maximum absolute atomic E-state index is 11.0. The quantitative estimate of drug-likeness (QED) is 0.576. The number of aromatic nitrogens is 2. The molecular formula is C7H5ClN2O2. The smallest absolute Gasteiger partial charge is 0.275 e. The Bertz CT molecular complexity index is 486. The molecule has 1 heterocycles. The molecule has 0 fully saturated rings. The van der Waals surface area contributed by atoms with Gasteiger partial charge in [-0.3, -0.25) is 15.0 Å². The normalized spacial score (nSPS) is 10.8. The van der Waals surface area contributed by atoms with Crippen molar-refractivity contribution in [2.75, 3.05) is 0 Å². The van der Waals surface area contributed by atoms with Gasteiger partial charge in [0.1, 0.15) is 11.1 Å². The first kappa shape index (κ1) is 7.24. The summed E-state index contributed by atoms with van der Waals surface area (Å²) in [6, 6.07) is 2.89. The molecule has 0 aliphatic carbocycles. The van der Waals surface area contributed by atoms with Gasteiger partial charge in [0, 0.05) is 5.02 Å². The number of benzene rings is 1. The van der Waals surface area contributed by atoms with Gasteiger partial charge in [-0.2, -0.15) is 0 Å². The number of phenolic OH excluding ortho intramolecular Hbond substituents is 1. The minimum absolute atomic E-state index is 0.111. The molecule has 0 unspecified atom stereocenters. The molecule has 12 heavy (non-hydrogen) atoms. The summed E-state index contributed by atoms with van der Waals surface area (Å²) < 4.78 is 0. The lowest BCUT2D eigenvalue weighted by Crippen LogP contribution is -1.97. The zero-order valence-electron chi connectivity index (χ0n) is 5.89. The van der Waals surface area contributed by atoms with Crippen LogP contribution in [-0.2, 0) is 0 Å². The highest BCUT2D eigenvalue weighted by atomic mass is 35.5. The van der Waals surface area contributed by atoms with Crippen molar-refractivity contribution in [1.29, 1.82) is 0 Å². The number of fused-ring (bicyclic) bond motifs is 1. The van der Waals surface area contributed by atoms with Crippen molar-refractivity contribution in [2.45, 2.75) is 0 Å². The predicted octanol–water partition coefficient (Wildman–Crippen LogP) is 1.22. The maximum atomic E-state index is 11.0. The molecule has 2 aromatic rings. The van der Waals surface area contributed by atoms with E-state index in [1.54, 1.807) is 6.07 Å². The summed E-state index contributed by atoms with van der Waals surface area (Å²) >= 11 is 5.64. The van der Waals surface area contributed by atoms with Crippen molar-refractivity contribution in [2.24, 2.45) is 0 Å². The number of halogens is 1. The second-order valence-electron chi connectivity index (χ2n) is 2.43. The van der Waals surface area contributed by atoms with Crippen LogP contribution in [0.3, 0.4) is 0 Å². The van der Waals surface area contributed by atoms with Crippen LogP contribution in [-0.4, -0.2) is 15.3 Å². The Morgan fingerprint density at radius 1 is 1.33 bits per heavy atom. The van der Waals surface area contributed by atoms with Crippen molar-refractivity contribution in [3.63, 3.8) is 0 Å². The molecule has 0 spiro atoms. The average molecular weight is 185 g/mol. The number of aromatic amines is 2. The molecule has 62 valence electrons. The zero-order chi connectivity index (χ0) is 8.72. The summed E-state index contributed by atoms with van der Waals surface area (Å²) in [6.07, 6.45) is 0. The largest absolute Gasteiger partial charge is 0.507 e. The van der Waals surface area contributed by atoms with Crippen LogP contribution in [0, 0.1) is 0 Å². The molecule has 0 radical (unpaired) electrons.